The lowest BCUT2D eigenvalue weighted by molar-refractivity contribution is -0.315. The van der Waals surface area contributed by atoms with E-state index in [2.05, 4.69) is 6.92 Å². The van der Waals surface area contributed by atoms with Gasteiger partial charge in [0.1, 0.15) is 0 Å². The number of hydrogen-bond donors (Lipinski definition) is 3. The van der Waals surface area contributed by atoms with Crippen molar-refractivity contribution in [3.63, 3.8) is 0 Å². The van der Waals surface area contributed by atoms with Crippen LogP contribution in [0.25, 0.3) is 0 Å². The highest BCUT2D eigenvalue weighted by molar-refractivity contribution is 4.50. The van der Waals surface area contributed by atoms with Crippen molar-refractivity contribution < 1.29 is 15.3 Å². The first-order valence-electron chi connectivity index (χ1n) is 5.73. The van der Waals surface area contributed by atoms with Crippen LogP contribution < -0.4 is 0 Å². The summed E-state index contributed by atoms with van der Waals surface area (Å²) in [5.74, 6) is -2.46. The summed E-state index contributed by atoms with van der Waals surface area (Å²) in [6, 6.07) is 0. The fourth-order valence-electron chi connectivity index (χ4n) is 1.50. The molecule has 0 radical (unpaired) electrons. The van der Waals surface area contributed by atoms with E-state index < -0.39 is 5.97 Å². The van der Waals surface area contributed by atoms with Gasteiger partial charge >= 0.3 is 0 Å². The number of hydrogen-bond acceptors (Lipinski definition) is 3. The van der Waals surface area contributed by atoms with Crippen LogP contribution in [0.1, 0.15) is 64.7 Å². The van der Waals surface area contributed by atoms with Gasteiger partial charge in [0.25, 0.3) is 5.97 Å². The molecule has 0 saturated carbocycles. The van der Waals surface area contributed by atoms with E-state index in [1.165, 1.54) is 32.1 Å². The SMILES string of the molecule is CCCCCCCCCCC(O)(O)O. The molecule has 0 aliphatic rings. The van der Waals surface area contributed by atoms with E-state index >= 15 is 0 Å². The molecule has 14 heavy (non-hydrogen) atoms. The summed E-state index contributed by atoms with van der Waals surface area (Å²) in [7, 11) is 0. The molecule has 0 heterocycles. The van der Waals surface area contributed by atoms with Crippen molar-refractivity contribution in [1.29, 1.82) is 0 Å². The smallest absolute Gasteiger partial charge is 0.275 e. The summed E-state index contributed by atoms with van der Waals surface area (Å²) in [6.07, 6.45) is 9.20. The molecule has 3 N–H and O–H groups in total. The van der Waals surface area contributed by atoms with Gasteiger partial charge in [0.05, 0.1) is 0 Å². The maximum atomic E-state index is 8.60. The molecule has 0 unspecified atom stereocenters. The van der Waals surface area contributed by atoms with Crippen molar-refractivity contribution in [2.75, 3.05) is 0 Å². The van der Waals surface area contributed by atoms with Crippen LogP contribution in [0.5, 0.6) is 0 Å². The molecule has 0 aromatic heterocycles. The minimum atomic E-state index is -2.46. The molecule has 0 rings (SSSR count). The molecule has 0 amide bonds. The Balaban J connectivity index is 2.99. The zero-order chi connectivity index (χ0) is 10.9. The first kappa shape index (κ1) is 13.9. The summed E-state index contributed by atoms with van der Waals surface area (Å²) in [4.78, 5) is 0. The maximum Gasteiger partial charge on any atom is 0.275 e. The quantitative estimate of drug-likeness (QED) is 0.398. The fraction of sp³-hybridized carbons (Fsp3) is 1.00. The second kappa shape index (κ2) is 8.21. The molecule has 0 aromatic rings. The predicted octanol–water partition coefficient (Wildman–Crippen LogP) is 2.15. The van der Waals surface area contributed by atoms with Crippen LogP contribution in [0.2, 0.25) is 0 Å². The molecule has 3 nitrogen and oxygen atoms in total. The van der Waals surface area contributed by atoms with Crippen LogP contribution in [0, 0.1) is 0 Å². The number of rotatable bonds is 9. The van der Waals surface area contributed by atoms with Crippen molar-refractivity contribution in [2.24, 2.45) is 0 Å². The standard InChI is InChI=1S/C11H24O3/c1-2-3-4-5-6-7-8-9-10-11(12,13)14/h12-14H,2-10H2,1H3. The second-order valence-electron chi connectivity index (χ2n) is 4.00. The Bertz CT molecular complexity index is 118. The van der Waals surface area contributed by atoms with Crippen molar-refractivity contribution in [3.8, 4) is 0 Å². The number of unbranched alkanes of at least 4 members (excludes halogenated alkanes) is 7. The van der Waals surface area contributed by atoms with Gasteiger partial charge in [-0.3, -0.25) is 0 Å². The first-order valence-corrected chi connectivity index (χ1v) is 5.73. The van der Waals surface area contributed by atoms with Crippen molar-refractivity contribution in [3.05, 3.63) is 0 Å². The van der Waals surface area contributed by atoms with Crippen molar-refractivity contribution in [2.45, 2.75) is 70.7 Å². The van der Waals surface area contributed by atoms with E-state index in [1.54, 1.807) is 0 Å². The van der Waals surface area contributed by atoms with Crippen molar-refractivity contribution in [1.82, 2.24) is 0 Å². The summed E-state index contributed by atoms with van der Waals surface area (Å²) in [5, 5.41) is 25.8. The zero-order valence-corrected chi connectivity index (χ0v) is 9.21. The molecule has 0 atom stereocenters. The van der Waals surface area contributed by atoms with E-state index in [9.17, 15) is 0 Å². The first-order chi connectivity index (χ1) is 6.56. The van der Waals surface area contributed by atoms with Gasteiger partial charge in [-0.05, 0) is 6.42 Å². The lowest BCUT2D eigenvalue weighted by Gasteiger charge is -2.12. The third kappa shape index (κ3) is 11.9. The Hall–Kier alpha value is -0.120. The van der Waals surface area contributed by atoms with Crippen molar-refractivity contribution >= 4 is 0 Å². The lowest BCUT2D eigenvalue weighted by atomic mass is 10.1. The van der Waals surface area contributed by atoms with Gasteiger partial charge in [0.2, 0.25) is 0 Å². The molecule has 0 aliphatic heterocycles. The van der Waals surface area contributed by atoms with Crippen LogP contribution in [0.15, 0.2) is 0 Å². The second-order valence-corrected chi connectivity index (χ2v) is 4.00. The van der Waals surface area contributed by atoms with Gasteiger partial charge in [0.15, 0.2) is 0 Å². The molecule has 0 aliphatic carbocycles. The van der Waals surface area contributed by atoms with E-state index in [0.717, 1.165) is 12.8 Å². The van der Waals surface area contributed by atoms with E-state index in [1.807, 2.05) is 0 Å². The molecule has 0 bridgehead atoms. The molecule has 3 heteroatoms. The van der Waals surface area contributed by atoms with E-state index in [0.29, 0.717) is 6.42 Å². The third-order valence-electron chi connectivity index (χ3n) is 2.37. The normalized spacial score (nSPS) is 12.0. The largest absolute Gasteiger partial charge is 0.344 e. The van der Waals surface area contributed by atoms with Crippen LogP contribution in [-0.4, -0.2) is 21.3 Å². The summed E-state index contributed by atoms with van der Waals surface area (Å²) >= 11 is 0. The molecule has 0 saturated heterocycles. The topological polar surface area (TPSA) is 60.7 Å². The van der Waals surface area contributed by atoms with Crippen LogP contribution >= 0.6 is 0 Å². The third-order valence-corrected chi connectivity index (χ3v) is 2.37. The zero-order valence-electron chi connectivity index (χ0n) is 9.21. The van der Waals surface area contributed by atoms with Crippen LogP contribution in [-0.2, 0) is 0 Å². The Morgan fingerprint density at radius 3 is 1.57 bits per heavy atom. The van der Waals surface area contributed by atoms with Gasteiger partial charge in [-0.2, -0.15) is 0 Å². The lowest BCUT2D eigenvalue weighted by Crippen LogP contribution is -2.26. The predicted molar refractivity (Wildman–Crippen MR) is 56.6 cm³/mol. The number of aliphatic hydroxyl groups is 3. The Morgan fingerprint density at radius 1 is 0.714 bits per heavy atom. The fourth-order valence-corrected chi connectivity index (χ4v) is 1.50. The molecule has 0 spiro atoms. The minimum Gasteiger partial charge on any atom is -0.344 e. The van der Waals surface area contributed by atoms with Gasteiger partial charge < -0.3 is 15.3 Å². The van der Waals surface area contributed by atoms with Crippen LogP contribution in [0.3, 0.4) is 0 Å². The highest BCUT2D eigenvalue weighted by Gasteiger charge is 2.16. The molecule has 86 valence electrons. The average molecular weight is 204 g/mol. The molecule has 0 fully saturated rings. The Morgan fingerprint density at radius 2 is 1.14 bits per heavy atom. The molecular weight excluding hydrogens is 180 g/mol. The summed E-state index contributed by atoms with van der Waals surface area (Å²) in [5.41, 5.74) is 0. The van der Waals surface area contributed by atoms with Gasteiger partial charge in [-0.15, -0.1) is 0 Å². The average Bonchev–Trinajstić information content (AvgIpc) is 2.08. The van der Waals surface area contributed by atoms with Gasteiger partial charge in [-0.1, -0.05) is 51.9 Å². The molecule has 0 aromatic carbocycles. The van der Waals surface area contributed by atoms with E-state index in [-0.39, 0.29) is 6.42 Å². The van der Waals surface area contributed by atoms with Gasteiger partial charge in [0, 0.05) is 6.42 Å². The van der Waals surface area contributed by atoms with Crippen LogP contribution in [0.4, 0.5) is 0 Å². The monoisotopic (exact) mass is 204 g/mol. The van der Waals surface area contributed by atoms with Gasteiger partial charge in [-0.25, -0.2) is 0 Å². The Kier molecular flexibility index (Phi) is 8.14. The maximum absolute atomic E-state index is 8.60. The summed E-state index contributed by atoms with van der Waals surface area (Å²) < 4.78 is 0. The Labute approximate surface area is 86.8 Å². The molecular formula is C11H24O3. The summed E-state index contributed by atoms with van der Waals surface area (Å²) in [6.45, 7) is 2.20. The van der Waals surface area contributed by atoms with E-state index in [4.69, 9.17) is 15.3 Å². The highest BCUT2D eigenvalue weighted by Crippen LogP contribution is 2.12. The minimum absolute atomic E-state index is 0.0575. The highest BCUT2D eigenvalue weighted by atomic mass is 16.7.